The highest BCUT2D eigenvalue weighted by Crippen LogP contribution is 2.24. The topological polar surface area (TPSA) is 61.8 Å². The van der Waals surface area contributed by atoms with Crippen molar-refractivity contribution in [3.63, 3.8) is 0 Å². The summed E-state index contributed by atoms with van der Waals surface area (Å²) in [5.41, 5.74) is 1.06. The van der Waals surface area contributed by atoms with Gasteiger partial charge in [0.15, 0.2) is 0 Å². The Morgan fingerprint density at radius 2 is 2.08 bits per heavy atom. The van der Waals surface area contributed by atoms with Crippen molar-refractivity contribution in [3.05, 3.63) is 29.8 Å². The fraction of sp³-hybridized carbons (Fsp3) is 0.650. The van der Waals surface area contributed by atoms with E-state index in [-0.39, 0.29) is 12.6 Å². The van der Waals surface area contributed by atoms with Gasteiger partial charge in [0.2, 0.25) is 0 Å². The Morgan fingerprint density at radius 1 is 1.24 bits per heavy atom. The molecule has 25 heavy (non-hydrogen) atoms. The van der Waals surface area contributed by atoms with Crippen molar-refractivity contribution in [3.8, 4) is 5.75 Å². The van der Waals surface area contributed by atoms with Crippen LogP contribution in [0.2, 0.25) is 0 Å². The van der Waals surface area contributed by atoms with Crippen molar-refractivity contribution in [2.75, 3.05) is 19.7 Å². The first kappa shape index (κ1) is 18.1. The number of amides is 2. The number of hydrogen-bond acceptors (Lipinski definition) is 3. The summed E-state index contributed by atoms with van der Waals surface area (Å²) in [5.74, 6) is 1.34. The maximum atomic E-state index is 12.3. The zero-order valence-electron chi connectivity index (χ0n) is 15.0. The van der Waals surface area contributed by atoms with Gasteiger partial charge in [-0.25, -0.2) is 4.79 Å². The number of nitrogens with zero attached hydrogens (tertiary/aromatic N) is 1. The summed E-state index contributed by atoms with van der Waals surface area (Å²) in [7, 11) is 0. The number of likely N-dealkylation sites (tertiary alicyclic amines) is 1. The molecule has 2 fully saturated rings. The molecule has 1 heterocycles. The number of aliphatic hydroxyl groups excluding tert-OH is 1. The Labute approximate surface area is 150 Å². The first-order valence-electron chi connectivity index (χ1n) is 9.64. The van der Waals surface area contributed by atoms with Gasteiger partial charge in [0.1, 0.15) is 5.75 Å². The van der Waals surface area contributed by atoms with Gasteiger partial charge in [0, 0.05) is 26.2 Å². The highest BCUT2D eigenvalue weighted by molar-refractivity contribution is 5.74. The van der Waals surface area contributed by atoms with Crippen LogP contribution in [-0.4, -0.2) is 41.8 Å². The van der Waals surface area contributed by atoms with Crippen LogP contribution in [0.3, 0.4) is 0 Å². The molecule has 1 aliphatic heterocycles. The Balaban J connectivity index is 1.46. The Morgan fingerprint density at radius 3 is 2.88 bits per heavy atom. The second kappa shape index (κ2) is 9.09. The minimum Gasteiger partial charge on any atom is -0.490 e. The molecule has 0 aromatic heterocycles. The summed E-state index contributed by atoms with van der Waals surface area (Å²) >= 11 is 0. The van der Waals surface area contributed by atoms with Crippen LogP contribution in [-0.2, 0) is 6.54 Å². The van der Waals surface area contributed by atoms with Crippen molar-refractivity contribution >= 4 is 6.03 Å². The molecule has 1 aromatic rings. The molecule has 1 aromatic carbocycles. The lowest BCUT2D eigenvalue weighted by Gasteiger charge is -2.23. The second-order valence-corrected chi connectivity index (χ2v) is 7.30. The lowest BCUT2D eigenvalue weighted by atomic mass is 9.98. The van der Waals surface area contributed by atoms with Crippen LogP contribution in [0.25, 0.3) is 0 Å². The molecule has 0 bridgehead atoms. The van der Waals surface area contributed by atoms with Crippen molar-refractivity contribution < 1.29 is 14.6 Å². The normalized spacial score (nSPS) is 21.3. The third-order valence-corrected chi connectivity index (χ3v) is 5.31. The number of aliphatic hydroxyl groups is 1. The van der Waals surface area contributed by atoms with Crippen LogP contribution < -0.4 is 10.1 Å². The van der Waals surface area contributed by atoms with E-state index in [4.69, 9.17) is 9.84 Å². The van der Waals surface area contributed by atoms with Gasteiger partial charge in [-0.1, -0.05) is 18.6 Å². The molecule has 3 rings (SSSR count). The fourth-order valence-electron chi connectivity index (χ4n) is 3.83. The van der Waals surface area contributed by atoms with E-state index in [1.165, 1.54) is 19.3 Å². The van der Waals surface area contributed by atoms with E-state index in [1.54, 1.807) is 0 Å². The number of carbonyl (C=O) groups excluding carboxylic acids is 1. The minimum absolute atomic E-state index is 0.0148. The molecule has 2 N–H and O–H groups in total. The van der Waals surface area contributed by atoms with Crippen molar-refractivity contribution in [2.45, 2.75) is 57.6 Å². The summed E-state index contributed by atoms with van der Waals surface area (Å²) < 4.78 is 6.10. The van der Waals surface area contributed by atoms with Gasteiger partial charge in [-0.3, -0.25) is 0 Å². The van der Waals surface area contributed by atoms with Crippen molar-refractivity contribution in [1.29, 1.82) is 0 Å². The third kappa shape index (κ3) is 5.36. The molecule has 1 atom stereocenters. The standard InChI is InChI=1S/C20H30N2O3/c23-12-10-16-9-11-22(15-16)20(24)21-14-17-5-4-8-19(13-17)25-18-6-2-1-3-7-18/h4-5,8,13,16,18,23H,1-3,6-7,9-12,14-15H2,(H,21,24)/t16-/m0/s1. The molecule has 0 spiro atoms. The van der Waals surface area contributed by atoms with Gasteiger partial charge in [-0.15, -0.1) is 0 Å². The number of nitrogens with one attached hydrogen (secondary N) is 1. The Hall–Kier alpha value is -1.75. The number of rotatable bonds is 6. The summed E-state index contributed by atoms with van der Waals surface area (Å²) in [6, 6.07) is 8.03. The second-order valence-electron chi connectivity index (χ2n) is 7.30. The molecule has 2 amide bonds. The van der Waals surface area contributed by atoms with Crippen LogP contribution in [0.5, 0.6) is 5.75 Å². The number of benzene rings is 1. The summed E-state index contributed by atoms with van der Waals surface area (Å²) in [6.45, 7) is 2.24. The molecule has 5 heteroatoms. The molecular formula is C20H30N2O3. The molecule has 138 valence electrons. The SMILES string of the molecule is O=C(NCc1cccc(OC2CCCCC2)c1)N1CC[C@@H](CCO)C1. The van der Waals surface area contributed by atoms with Gasteiger partial charge in [-0.05, 0) is 62.1 Å². The van der Waals surface area contributed by atoms with E-state index >= 15 is 0 Å². The Kier molecular flexibility index (Phi) is 6.56. The van der Waals surface area contributed by atoms with Crippen LogP contribution >= 0.6 is 0 Å². The largest absolute Gasteiger partial charge is 0.490 e. The van der Waals surface area contributed by atoms with Crippen LogP contribution in [0.1, 0.15) is 50.5 Å². The van der Waals surface area contributed by atoms with Gasteiger partial charge in [-0.2, -0.15) is 0 Å². The zero-order chi connectivity index (χ0) is 17.5. The van der Waals surface area contributed by atoms with E-state index in [2.05, 4.69) is 5.32 Å². The molecule has 0 unspecified atom stereocenters. The van der Waals surface area contributed by atoms with Crippen LogP contribution in [0.4, 0.5) is 4.79 Å². The number of hydrogen-bond donors (Lipinski definition) is 2. The first-order valence-corrected chi connectivity index (χ1v) is 9.64. The number of urea groups is 1. The summed E-state index contributed by atoms with van der Waals surface area (Å²) in [6.07, 6.45) is 8.23. The van der Waals surface area contributed by atoms with Crippen molar-refractivity contribution in [2.24, 2.45) is 5.92 Å². The molecule has 1 saturated carbocycles. The van der Waals surface area contributed by atoms with Gasteiger partial charge in [0.25, 0.3) is 0 Å². The average molecular weight is 346 g/mol. The van der Waals surface area contributed by atoms with Crippen LogP contribution in [0.15, 0.2) is 24.3 Å². The predicted octanol–water partition coefficient (Wildman–Crippen LogP) is 3.31. The summed E-state index contributed by atoms with van der Waals surface area (Å²) in [5, 5.41) is 12.0. The van der Waals surface area contributed by atoms with E-state index in [0.29, 0.717) is 18.6 Å². The Bertz CT molecular complexity index is 558. The number of ether oxygens (including phenoxy) is 1. The maximum absolute atomic E-state index is 12.3. The molecule has 0 radical (unpaired) electrons. The third-order valence-electron chi connectivity index (χ3n) is 5.31. The lowest BCUT2D eigenvalue weighted by Crippen LogP contribution is -2.38. The maximum Gasteiger partial charge on any atom is 0.317 e. The molecule has 2 aliphatic rings. The molecule has 5 nitrogen and oxygen atoms in total. The van der Waals surface area contributed by atoms with Crippen molar-refractivity contribution in [1.82, 2.24) is 10.2 Å². The highest BCUT2D eigenvalue weighted by Gasteiger charge is 2.25. The van der Waals surface area contributed by atoms with Gasteiger partial charge < -0.3 is 20.1 Å². The van der Waals surface area contributed by atoms with E-state index in [0.717, 1.165) is 50.1 Å². The van der Waals surface area contributed by atoms with Crippen LogP contribution in [0, 0.1) is 5.92 Å². The molecule has 1 saturated heterocycles. The first-order chi connectivity index (χ1) is 12.2. The van der Waals surface area contributed by atoms with E-state index in [9.17, 15) is 4.79 Å². The highest BCUT2D eigenvalue weighted by atomic mass is 16.5. The van der Waals surface area contributed by atoms with E-state index in [1.807, 2.05) is 29.2 Å². The quantitative estimate of drug-likeness (QED) is 0.831. The monoisotopic (exact) mass is 346 g/mol. The van der Waals surface area contributed by atoms with Gasteiger partial charge >= 0.3 is 6.03 Å². The lowest BCUT2D eigenvalue weighted by molar-refractivity contribution is 0.155. The predicted molar refractivity (Wildman–Crippen MR) is 97.6 cm³/mol. The molecule has 1 aliphatic carbocycles. The number of carbonyl (C=O) groups is 1. The summed E-state index contributed by atoms with van der Waals surface area (Å²) in [4.78, 5) is 14.1. The van der Waals surface area contributed by atoms with Gasteiger partial charge in [0.05, 0.1) is 6.10 Å². The van der Waals surface area contributed by atoms with E-state index < -0.39 is 0 Å². The zero-order valence-corrected chi connectivity index (χ0v) is 15.0. The molecular weight excluding hydrogens is 316 g/mol. The average Bonchev–Trinajstić information content (AvgIpc) is 3.10. The fourth-order valence-corrected chi connectivity index (χ4v) is 3.83. The smallest absolute Gasteiger partial charge is 0.317 e. The minimum atomic E-state index is -0.0148.